The Labute approximate surface area is 234 Å². The minimum absolute atomic E-state index is 0.0156. The molecule has 2 aliphatic rings. The maximum absolute atomic E-state index is 14.0. The third kappa shape index (κ3) is 7.37. The van der Waals surface area contributed by atoms with E-state index in [4.69, 9.17) is 20.6 Å². The number of rotatable bonds is 9. The van der Waals surface area contributed by atoms with Crippen molar-refractivity contribution in [2.24, 2.45) is 5.73 Å². The molecule has 2 atom stereocenters. The second-order valence-corrected chi connectivity index (χ2v) is 9.82. The van der Waals surface area contributed by atoms with Crippen LogP contribution in [0, 0.1) is 0 Å². The average molecular weight is 580 g/mol. The van der Waals surface area contributed by atoms with Gasteiger partial charge in [-0.1, -0.05) is 18.6 Å². The van der Waals surface area contributed by atoms with Gasteiger partial charge >= 0.3 is 18.1 Å². The van der Waals surface area contributed by atoms with E-state index in [1.807, 2.05) is 11.0 Å². The Morgan fingerprint density at radius 2 is 1.71 bits per heavy atom. The molecule has 4 rings (SSSR count). The summed E-state index contributed by atoms with van der Waals surface area (Å²) >= 11 is 0. The van der Waals surface area contributed by atoms with E-state index >= 15 is 0 Å². The van der Waals surface area contributed by atoms with Crippen molar-refractivity contribution < 1.29 is 42.6 Å². The van der Waals surface area contributed by atoms with E-state index in [9.17, 15) is 32.7 Å². The normalized spacial score (nSPS) is 17.4. The van der Waals surface area contributed by atoms with Gasteiger partial charge in [0.2, 0.25) is 11.3 Å². The van der Waals surface area contributed by atoms with Crippen LogP contribution < -0.4 is 11.1 Å². The van der Waals surface area contributed by atoms with Crippen molar-refractivity contribution in [1.29, 1.82) is 0 Å². The highest BCUT2D eigenvalue weighted by Gasteiger charge is 2.56. The first-order chi connectivity index (χ1) is 19.4. The highest BCUT2D eigenvalue weighted by molar-refractivity contribution is 6.28. The first-order valence-corrected chi connectivity index (χ1v) is 13.1. The van der Waals surface area contributed by atoms with Crippen LogP contribution in [0.4, 0.5) is 19.0 Å². The van der Waals surface area contributed by atoms with Crippen LogP contribution in [0.5, 0.6) is 0 Å². The Kier molecular flexibility index (Phi) is 10.4. The molecule has 2 aromatic heterocycles. The number of fused-ring (bicyclic) bond motifs is 1. The molecule has 0 spiro atoms. The standard InChI is InChI=1S/C25H31N5O4.C2HF3O2/c26-23(32)25(24(33)34,18-7-5-12-27-16-18)21(31)20(30-14-2-1-3-15-30)11-10-19-9-8-17-6-4-13-28-22(17)29-19;3-2(4,5)1(6)7/h5,7-9,12,16,20H,1-4,6,10-11,13-15H2,(H2,26,32)(H,28,29)(H,33,34);(H,6,7)/t20?,25-;/m0./s1. The number of carbonyl (C=O) groups is 4. The number of piperidine rings is 1. The molecule has 5 N–H and O–H groups in total. The number of likely N-dealkylation sites (tertiary alicyclic amines) is 1. The molecular formula is C27H32F3N5O6. The summed E-state index contributed by atoms with van der Waals surface area (Å²) in [6.45, 7) is 2.21. The molecule has 0 saturated carbocycles. The number of aromatic nitrogens is 2. The Morgan fingerprint density at radius 1 is 1.02 bits per heavy atom. The summed E-state index contributed by atoms with van der Waals surface area (Å²) in [5.74, 6) is -5.37. The number of amides is 1. The third-order valence-corrected chi connectivity index (χ3v) is 7.16. The van der Waals surface area contributed by atoms with Gasteiger partial charge in [-0.15, -0.1) is 0 Å². The number of ketones is 1. The number of alkyl halides is 3. The lowest BCUT2D eigenvalue weighted by Crippen LogP contribution is -2.61. The molecule has 2 aromatic rings. The van der Waals surface area contributed by atoms with E-state index in [-0.39, 0.29) is 5.56 Å². The molecule has 0 radical (unpaired) electrons. The van der Waals surface area contributed by atoms with Crippen LogP contribution in [0.25, 0.3) is 0 Å². The number of carbonyl (C=O) groups excluding carboxylic acids is 2. The van der Waals surface area contributed by atoms with Crippen molar-refractivity contribution in [2.45, 2.75) is 62.6 Å². The van der Waals surface area contributed by atoms with Gasteiger partial charge in [0.1, 0.15) is 5.82 Å². The second-order valence-electron chi connectivity index (χ2n) is 9.82. The van der Waals surface area contributed by atoms with E-state index in [1.165, 1.54) is 30.1 Å². The van der Waals surface area contributed by atoms with Crippen molar-refractivity contribution in [3.05, 3.63) is 53.5 Å². The molecule has 1 unspecified atom stereocenters. The molecule has 14 heteroatoms. The Morgan fingerprint density at radius 3 is 2.27 bits per heavy atom. The minimum atomic E-state index is -5.08. The van der Waals surface area contributed by atoms with E-state index in [0.29, 0.717) is 25.9 Å². The number of aliphatic carboxylic acids is 2. The Hall–Kier alpha value is -4.07. The SMILES string of the molecule is NC(=O)[C@@](C(=O)O)(C(=O)C(CCc1ccc2c(n1)NCCC2)N1CCCCC1)c1cccnc1.O=C(O)C(F)(F)F. The lowest BCUT2D eigenvalue weighted by molar-refractivity contribution is -0.192. The number of hydrogen-bond donors (Lipinski definition) is 4. The van der Waals surface area contributed by atoms with Gasteiger partial charge in [0.05, 0.1) is 6.04 Å². The fourth-order valence-corrected chi connectivity index (χ4v) is 5.08. The van der Waals surface area contributed by atoms with Gasteiger partial charge in [-0.25, -0.2) is 9.78 Å². The van der Waals surface area contributed by atoms with E-state index in [2.05, 4.69) is 16.4 Å². The van der Waals surface area contributed by atoms with Crippen LogP contribution in [-0.4, -0.2) is 80.6 Å². The summed E-state index contributed by atoms with van der Waals surface area (Å²) in [6.07, 6.45) is 3.35. The van der Waals surface area contributed by atoms with Gasteiger partial charge in [-0.05, 0) is 69.3 Å². The van der Waals surface area contributed by atoms with Crippen molar-refractivity contribution in [3.8, 4) is 0 Å². The summed E-state index contributed by atoms with van der Waals surface area (Å²) in [5.41, 5.74) is 5.13. The molecule has 1 amide bonds. The van der Waals surface area contributed by atoms with E-state index in [0.717, 1.165) is 50.2 Å². The number of primary amides is 1. The summed E-state index contributed by atoms with van der Waals surface area (Å²) in [4.78, 5) is 58.8. The monoisotopic (exact) mass is 579 g/mol. The first kappa shape index (κ1) is 31.5. The summed E-state index contributed by atoms with van der Waals surface area (Å²) in [7, 11) is 0. The van der Waals surface area contributed by atoms with Crippen LogP contribution in [0.2, 0.25) is 0 Å². The average Bonchev–Trinajstić information content (AvgIpc) is 2.94. The topological polar surface area (TPSA) is 176 Å². The fourth-order valence-electron chi connectivity index (χ4n) is 5.08. The Balaban J connectivity index is 0.000000587. The van der Waals surface area contributed by atoms with Gasteiger partial charge in [0, 0.05) is 30.2 Å². The molecule has 1 saturated heterocycles. The van der Waals surface area contributed by atoms with Crippen LogP contribution in [0.1, 0.15) is 48.9 Å². The number of halogens is 3. The molecular weight excluding hydrogens is 547 g/mol. The van der Waals surface area contributed by atoms with E-state index in [1.54, 1.807) is 0 Å². The highest BCUT2D eigenvalue weighted by atomic mass is 19.4. The second kappa shape index (κ2) is 13.5. The molecule has 222 valence electrons. The number of carboxylic acids is 2. The highest BCUT2D eigenvalue weighted by Crippen LogP contribution is 2.31. The van der Waals surface area contributed by atoms with E-state index < -0.39 is 41.3 Å². The largest absolute Gasteiger partial charge is 0.490 e. The maximum Gasteiger partial charge on any atom is 0.490 e. The van der Waals surface area contributed by atoms with Gasteiger partial charge < -0.3 is 21.3 Å². The zero-order chi connectivity index (χ0) is 30.2. The van der Waals surface area contributed by atoms with Crippen LogP contribution in [-0.2, 0) is 37.4 Å². The van der Waals surface area contributed by atoms with Crippen molar-refractivity contribution in [1.82, 2.24) is 14.9 Å². The lowest BCUT2D eigenvalue weighted by atomic mass is 9.72. The Bertz CT molecular complexity index is 1240. The zero-order valence-electron chi connectivity index (χ0n) is 22.2. The molecule has 11 nitrogen and oxygen atoms in total. The van der Waals surface area contributed by atoms with Gasteiger partial charge in [0.15, 0.2) is 5.78 Å². The predicted molar refractivity (Wildman–Crippen MR) is 140 cm³/mol. The summed E-state index contributed by atoms with van der Waals surface area (Å²) < 4.78 is 31.7. The molecule has 41 heavy (non-hydrogen) atoms. The van der Waals surface area contributed by atoms with Crippen molar-refractivity contribution >= 4 is 29.4 Å². The maximum atomic E-state index is 14.0. The molecule has 4 heterocycles. The quantitative estimate of drug-likeness (QED) is 0.323. The van der Waals surface area contributed by atoms with Crippen molar-refractivity contribution in [2.75, 3.05) is 25.0 Å². The van der Waals surface area contributed by atoms with Crippen molar-refractivity contribution in [3.63, 3.8) is 0 Å². The molecule has 1 fully saturated rings. The zero-order valence-corrected chi connectivity index (χ0v) is 22.2. The number of pyridine rings is 2. The van der Waals surface area contributed by atoms with Gasteiger partial charge in [0.25, 0.3) is 0 Å². The fraction of sp³-hybridized carbons (Fsp3) is 0.481. The number of Topliss-reactive ketones (excluding diaryl/α,β-unsaturated/α-hetero) is 1. The molecule has 2 aliphatic heterocycles. The van der Waals surface area contributed by atoms with Crippen LogP contribution in [0.3, 0.4) is 0 Å². The summed E-state index contributed by atoms with van der Waals surface area (Å²) in [5, 5.41) is 20.6. The summed E-state index contributed by atoms with van der Waals surface area (Å²) in [6, 6.07) is 6.16. The third-order valence-electron chi connectivity index (χ3n) is 7.16. The molecule has 0 aliphatic carbocycles. The number of nitrogens with one attached hydrogen (secondary N) is 1. The van der Waals surface area contributed by atoms with Gasteiger partial charge in [-0.3, -0.25) is 24.3 Å². The molecule has 0 bridgehead atoms. The number of carboxylic acid groups (broad SMARTS) is 2. The smallest absolute Gasteiger partial charge is 0.480 e. The lowest BCUT2D eigenvalue weighted by Gasteiger charge is -2.37. The minimum Gasteiger partial charge on any atom is -0.480 e. The first-order valence-electron chi connectivity index (χ1n) is 13.1. The number of anilines is 1. The van der Waals surface area contributed by atoms with Crippen LogP contribution in [0.15, 0.2) is 36.7 Å². The molecule has 0 aromatic carbocycles. The number of nitrogens with two attached hydrogens (primary N) is 1. The van der Waals surface area contributed by atoms with Crippen LogP contribution >= 0.6 is 0 Å². The van der Waals surface area contributed by atoms with Gasteiger partial charge in [-0.2, -0.15) is 13.2 Å². The number of hydrogen-bond acceptors (Lipinski definition) is 8. The number of nitrogens with zero attached hydrogens (tertiary/aromatic N) is 3. The number of aryl methyl sites for hydroxylation is 2. The predicted octanol–water partition coefficient (Wildman–Crippen LogP) is 2.33.